The summed E-state index contributed by atoms with van der Waals surface area (Å²) < 4.78 is 41.5. The van der Waals surface area contributed by atoms with Gasteiger partial charge in [-0.2, -0.15) is 18.7 Å². The zero-order chi connectivity index (χ0) is 16.2. The van der Waals surface area contributed by atoms with Gasteiger partial charge >= 0.3 is 12.1 Å². The van der Waals surface area contributed by atoms with E-state index in [2.05, 4.69) is 22.3 Å². The molecule has 1 aliphatic heterocycles. The van der Waals surface area contributed by atoms with Crippen molar-refractivity contribution in [1.82, 2.24) is 16.4 Å². The van der Waals surface area contributed by atoms with E-state index in [-0.39, 0.29) is 5.75 Å². The van der Waals surface area contributed by atoms with E-state index in [1.807, 2.05) is 5.92 Å². The van der Waals surface area contributed by atoms with E-state index >= 15 is 0 Å². The molecule has 1 fully saturated rings. The SMILES string of the molecule is O=C(O)C1NNNC1Oc1cccc(C#CCC(F)(F)F)c1. The maximum Gasteiger partial charge on any atom is 0.399 e. The van der Waals surface area contributed by atoms with E-state index in [9.17, 15) is 18.0 Å². The molecule has 0 aliphatic carbocycles. The van der Waals surface area contributed by atoms with Gasteiger partial charge in [0, 0.05) is 5.56 Å². The van der Waals surface area contributed by atoms with Gasteiger partial charge in [0.05, 0.1) is 0 Å². The standard InChI is InChI=1S/C13H12F3N3O3/c14-13(15,16)6-2-4-8-3-1-5-9(7-8)22-11-10(12(20)21)17-19-18-11/h1,3,5,7,10-11,17-19H,6H2,(H,20,21). The highest BCUT2D eigenvalue weighted by Crippen LogP contribution is 2.19. The van der Waals surface area contributed by atoms with Crippen molar-refractivity contribution in [2.45, 2.75) is 24.9 Å². The summed E-state index contributed by atoms with van der Waals surface area (Å²) in [5.74, 6) is 3.57. The molecule has 2 unspecified atom stereocenters. The van der Waals surface area contributed by atoms with Crippen molar-refractivity contribution < 1.29 is 27.8 Å². The van der Waals surface area contributed by atoms with E-state index in [1.165, 1.54) is 12.1 Å². The second-order valence-corrected chi connectivity index (χ2v) is 4.39. The molecule has 0 amide bonds. The Morgan fingerprint density at radius 3 is 2.82 bits per heavy atom. The van der Waals surface area contributed by atoms with E-state index in [1.54, 1.807) is 12.1 Å². The number of hydrogen-bond donors (Lipinski definition) is 4. The third-order valence-corrected chi connectivity index (χ3v) is 2.63. The lowest BCUT2D eigenvalue weighted by Gasteiger charge is -2.16. The summed E-state index contributed by atoms with van der Waals surface area (Å²) >= 11 is 0. The van der Waals surface area contributed by atoms with Crippen molar-refractivity contribution in [3.05, 3.63) is 29.8 Å². The topological polar surface area (TPSA) is 82.6 Å². The Balaban J connectivity index is 2.04. The highest BCUT2D eigenvalue weighted by molar-refractivity contribution is 5.74. The number of carboxylic acids is 1. The molecule has 118 valence electrons. The number of aliphatic carboxylic acids is 1. The average Bonchev–Trinajstić information content (AvgIpc) is 2.86. The third-order valence-electron chi connectivity index (χ3n) is 2.63. The van der Waals surface area contributed by atoms with Crippen LogP contribution in [0.25, 0.3) is 0 Å². The Hall–Kier alpha value is -2.28. The molecule has 0 spiro atoms. The fraction of sp³-hybridized carbons (Fsp3) is 0.308. The molecule has 1 saturated heterocycles. The molecule has 22 heavy (non-hydrogen) atoms. The molecule has 4 N–H and O–H groups in total. The molecule has 0 radical (unpaired) electrons. The summed E-state index contributed by atoms with van der Waals surface area (Å²) in [7, 11) is 0. The van der Waals surface area contributed by atoms with Crippen LogP contribution in [0.5, 0.6) is 5.75 Å². The molecule has 2 rings (SSSR count). The minimum Gasteiger partial charge on any atom is -0.480 e. The molecule has 1 aliphatic rings. The monoisotopic (exact) mass is 315 g/mol. The summed E-state index contributed by atoms with van der Waals surface area (Å²) in [6, 6.07) is 5.05. The van der Waals surface area contributed by atoms with Crippen molar-refractivity contribution in [2.24, 2.45) is 0 Å². The first-order chi connectivity index (χ1) is 10.3. The molecular weight excluding hydrogens is 303 g/mol. The number of rotatable bonds is 3. The Morgan fingerprint density at radius 2 is 2.14 bits per heavy atom. The van der Waals surface area contributed by atoms with Crippen LogP contribution in [0.2, 0.25) is 0 Å². The largest absolute Gasteiger partial charge is 0.480 e. The Morgan fingerprint density at radius 1 is 1.36 bits per heavy atom. The quantitative estimate of drug-likeness (QED) is 0.617. The van der Waals surface area contributed by atoms with Gasteiger partial charge in [0.15, 0.2) is 12.3 Å². The van der Waals surface area contributed by atoms with Gasteiger partial charge in [-0.05, 0) is 18.2 Å². The van der Waals surface area contributed by atoms with Gasteiger partial charge in [-0.3, -0.25) is 4.79 Å². The van der Waals surface area contributed by atoms with Crippen LogP contribution in [0.3, 0.4) is 0 Å². The van der Waals surface area contributed by atoms with Gasteiger partial charge in [-0.25, -0.2) is 10.9 Å². The normalized spacial score (nSPS) is 21.0. The number of hydrazine groups is 2. The highest BCUT2D eigenvalue weighted by Gasteiger charge is 2.34. The van der Waals surface area contributed by atoms with Crippen LogP contribution in [0, 0.1) is 11.8 Å². The summed E-state index contributed by atoms with van der Waals surface area (Å²) in [6.45, 7) is 0. The van der Waals surface area contributed by atoms with Crippen molar-refractivity contribution in [3.8, 4) is 17.6 Å². The Labute approximate surface area is 123 Å². The number of benzene rings is 1. The molecule has 0 aromatic heterocycles. The van der Waals surface area contributed by atoms with E-state index < -0.39 is 30.8 Å². The summed E-state index contributed by atoms with van der Waals surface area (Å²) in [6.07, 6.45) is -6.41. The maximum absolute atomic E-state index is 12.0. The second-order valence-electron chi connectivity index (χ2n) is 4.39. The fourth-order valence-corrected chi connectivity index (χ4v) is 1.68. The first-order valence-corrected chi connectivity index (χ1v) is 6.16. The van der Waals surface area contributed by atoms with E-state index in [4.69, 9.17) is 9.84 Å². The maximum atomic E-state index is 12.0. The van der Waals surface area contributed by atoms with Crippen LogP contribution < -0.4 is 21.1 Å². The molecule has 0 saturated carbocycles. The van der Waals surface area contributed by atoms with Gasteiger partial charge in [0.2, 0.25) is 0 Å². The molecule has 1 aromatic rings. The zero-order valence-corrected chi connectivity index (χ0v) is 11.1. The third kappa shape index (κ3) is 4.63. The molecule has 6 nitrogen and oxygen atoms in total. The molecule has 1 heterocycles. The lowest BCUT2D eigenvalue weighted by Crippen LogP contribution is -2.44. The van der Waals surface area contributed by atoms with Crippen LogP contribution in [-0.4, -0.2) is 29.5 Å². The van der Waals surface area contributed by atoms with Crippen molar-refractivity contribution >= 4 is 5.97 Å². The van der Waals surface area contributed by atoms with E-state index in [0.717, 1.165) is 0 Å². The molecule has 1 aromatic carbocycles. The molecule has 0 bridgehead atoms. The first kappa shape index (κ1) is 16.1. The van der Waals surface area contributed by atoms with Crippen LogP contribution in [-0.2, 0) is 4.79 Å². The Bertz CT molecular complexity index is 610. The summed E-state index contributed by atoms with van der Waals surface area (Å²) in [5.41, 5.74) is 7.79. The minimum absolute atomic E-state index is 0.285. The van der Waals surface area contributed by atoms with Gasteiger partial charge in [-0.15, -0.1) is 0 Å². The highest BCUT2D eigenvalue weighted by atomic mass is 19.4. The Kier molecular flexibility index (Phi) is 4.87. The average molecular weight is 315 g/mol. The predicted octanol–water partition coefficient (Wildman–Crippen LogP) is 0.761. The number of halogens is 3. The lowest BCUT2D eigenvalue weighted by molar-refractivity contribution is -0.141. The summed E-state index contributed by atoms with van der Waals surface area (Å²) in [5, 5.41) is 8.96. The number of nitrogens with one attached hydrogen (secondary N) is 3. The molecular formula is C13H12F3N3O3. The van der Waals surface area contributed by atoms with Gasteiger partial charge < -0.3 is 9.84 Å². The minimum atomic E-state index is -4.33. The van der Waals surface area contributed by atoms with Crippen molar-refractivity contribution in [3.63, 3.8) is 0 Å². The van der Waals surface area contributed by atoms with Crippen LogP contribution in [0.15, 0.2) is 24.3 Å². The smallest absolute Gasteiger partial charge is 0.399 e. The predicted molar refractivity (Wildman–Crippen MR) is 69.2 cm³/mol. The zero-order valence-electron chi connectivity index (χ0n) is 11.1. The first-order valence-electron chi connectivity index (χ1n) is 6.16. The number of carboxylic acid groups (broad SMARTS) is 1. The number of carbonyl (C=O) groups is 1. The fourth-order valence-electron chi connectivity index (χ4n) is 1.68. The molecule has 2 atom stereocenters. The molecule has 9 heteroatoms. The number of hydrogen-bond acceptors (Lipinski definition) is 5. The van der Waals surface area contributed by atoms with Crippen LogP contribution in [0.4, 0.5) is 13.2 Å². The number of ether oxygens (including phenoxy) is 1. The number of alkyl halides is 3. The van der Waals surface area contributed by atoms with Gasteiger partial charge in [-0.1, -0.05) is 17.9 Å². The van der Waals surface area contributed by atoms with E-state index in [0.29, 0.717) is 5.56 Å². The van der Waals surface area contributed by atoms with Crippen LogP contribution in [0.1, 0.15) is 12.0 Å². The van der Waals surface area contributed by atoms with Crippen molar-refractivity contribution in [2.75, 3.05) is 0 Å². The summed E-state index contributed by atoms with van der Waals surface area (Å²) in [4.78, 5) is 11.0. The van der Waals surface area contributed by atoms with Gasteiger partial charge in [0.25, 0.3) is 0 Å². The second kappa shape index (κ2) is 6.65. The van der Waals surface area contributed by atoms with Crippen LogP contribution >= 0.6 is 0 Å². The lowest BCUT2D eigenvalue weighted by atomic mass is 10.2. The van der Waals surface area contributed by atoms with Crippen molar-refractivity contribution in [1.29, 1.82) is 0 Å². The van der Waals surface area contributed by atoms with Gasteiger partial charge in [0.1, 0.15) is 12.2 Å².